The molecule has 198 valence electrons. The van der Waals surface area contributed by atoms with Gasteiger partial charge in [-0.1, -0.05) is 60.4 Å². The first-order valence-electron chi connectivity index (χ1n) is 12.8. The molecule has 1 aromatic carbocycles. The van der Waals surface area contributed by atoms with Gasteiger partial charge in [-0.15, -0.1) is 0 Å². The number of hydrogen-bond donors (Lipinski definition) is 2. The molecule has 0 spiro atoms. The van der Waals surface area contributed by atoms with Crippen molar-refractivity contribution in [1.82, 2.24) is 19.6 Å². The smallest absolute Gasteiger partial charge is 0.267 e. The minimum Gasteiger partial charge on any atom is -0.366 e. The van der Waals surface area contributed by atoms with E-state index in [0.29, 0.717) is 32.8 Å². The summed E-state index contributed by atoms with van der Waals surface area (Å²) in [6, 6.07) is 13.6. The second kappa shape index (κ2) is 9.94. The summed E-state index contributed by atoms with van der Waals surface area (Å²) in [7, 11) is 0. The van der Waals surface area contributed by atoms with Gasteiger partial charge in [0.1, 0.15) is 15.8 Å². The number of rotatable bonds is 5. The van der Waals surface area contributed by atoms with E-state index in [1.165, 1.54) is 11.8 Å². The molecule has 0 saturated carbocycles. The molecule has 3 aromatic rings. The maximum atomic E-state index is 13.8. The highest BCUT2D eigenvalue weighted by Gasteiger charge is 2.38. The number of pyridine rings is 1. The van der Waals surface area contributed by atoms with Gasteiger partial charge in [0.25, 0.3) is 11.5 Å². The maximum absolute atomic E-state index is 13.8. The van der Waals surface area contributed by atoms with E-state index in [2.05, 4.69) is 38.3 Å². The molecule has 0 unspecified atom stereocenters. The third kappa shape index (κ3) is 5.55. The molecule has 1 amide bonds. The Bertz CT molecular complexity index is 1490. The Morgan fingerprint density at radius 1 is 1.11 bits per heavy atom. The largest absolute Gasteiger partial charge is 0.366 e. The summed E-state index contributed by atoms with van der Waals surface area (Å²) in [5, 5.41) is 7.28. The second-order valence-corrected chi connectivity index (χ2v) is 13.2. The summed E-state index contributed by atoms with van der Waals surface area (Å²) in [4.78, 5) is 34.1. The third-order valence-electron chi connectivity index (χ3n) is 6.87. The summed E-state index contributed by atoms with van der Waals surface area (Å²) in [6.07, 6.45) is 5.17. The minimum absolute atomic E-state index is 0.0809. The summed E-state index contributed by atoms with van der Waals surface area (Å²) in [5.74, 6) is 0.290. The number of fused-ring (bicyclic) bond motifs is 1. The minimum atomic E-state index is -0.220. The Morgan fingerprint density at radius 3 is 2.47 bits per heavy atom. The highest BCUT2D eigenvalue weighted by Crippen LogP contribution is 2.35. The van der Waals surface area contributed by atoms with Crippen molar-refractivity contribution in [2.75, 3.05) is 5.32 Å². The SMILES string of the molecule is Cc1ccc2nc(NC3CC(C)(C)NC(C)(C)C3)c(/C=C3\SC(=S)N(Cc4ccccc4)C3=O)c(=O)n2c1. The number of thiocarbonyl (C=S) groups is 1. The predicted molar refractivity (Wildman–Crippen MR) is 159 cm³/mol. The second-order valence-electron chi connectivity index (χ2n) is 11.5. The molecule has 0 atom stereocenters. The van der Waals surface area contributed by atoms with Crippen LogP contribution in [0.25, 0.3) is 11.7 Å². The Morgan fingerprint density at radius 2 is 1.79 bits per heavy atom. The Balaban J connectivity index is 1.55. The molecule has 9 heteroatoms. The fourth-order valence-electron chi connectivity index (χ4n) is 5.65. The standard InChI is InChI=1S/C29H33N5O2S2/c1-18-11-12-23-31-24(30-20-14-28(2,3)32-29(4,5)15-20)21(25(35)33(23)16-18)13-22-26(36)34(27(37)38-22)17-19-9-7-6-8-10-19/h6-13,16,20,30,32H,14-15,17H2,1-5H3/b22-13-. The molecule has 0 radical (unpaired) electrons. The van der Waals surface area contributed by atoms with E-state index < -0.39 is 0 Å². The first-order chi connectivity index (χ1) is 17.9. The number of carbonyl (C=O) groups is 1. The zero-order valence-corrected chi connectivity index (χ0v) is 24.0. The van der Waals surface area contributed by atoms with Crippen molar-refractivity contribution >= 4 is 51.7 Å². The maximum Gasteiger partial charge on any atom is 0.267 e. The van der Waals surface area contributed by atoms with Gasteiger partial charge in [-0.2, -0.15) is 0 Å². The first kappa shape index (κ1) is 26.6. The Labute approximate surface area is 232 Å². The van der Waals surface area contributed by atoms with Crippen LogP contribution in [-0.2, 0) is 11.3 Å². The van der Waals surface area contributed by atoms with Gasteiger partial charge < -0.3 is 10.6 Å². The van der Waals surface area contributed by atoms with Crippen molar-refractivity contribution in [3.63, 3.8) is 0 Å². The number of nitrogens with zero attached hydrogens (tertiary/aromatic N) is 3. The van der Waals surface area contributed by atoms with E-state index in [9.17, 15) is 9.59 Å². The Kier molecular flexibility index (Phi) is 6.96. The summed E-state index contributed by atoms with van der Waals surface area (Å²) >= 11 is 6.78. The molecule has 2 fully saturated rings. The van der Waals surface area contributed by atoms with E-state index in [4.69, 9.17) is 17.2 Å². The molecule has 0 bridgehead atoms. The first-order valence-corrected chi connectivity index (χ1v) is 14.0. The van der Waals surface area contributed by atoms with Gasteiger partial charge in [0.2, 0.25) is 0 Å². The molecule has 2 saturated heterocycles. The Hall–Kier alpha value is -3.01. The lowest BCUT2D eigenvalue weighted by molar-refractivity contribution is -0.122. The summed E-state index contributed by atoms with van der Waals surface area (Å²) in [6.45, 7) is 11.1. The van der Waals surface area contributed by atoms with E-state index in [0.717, 1.165) is 24.0 Å². The van der Waals surface area contributed by atoms with Crippen LogP contribution in [0.3, 0.4) is 0 Å². The average molecular weight is 548 g/mol. The number of amides is 1. The van der Waals surface area contributed by atoms with E-state index in [1.54, 1.807) is 21.6 Å². The van der Waals surface area contributed by atoms with Crippen molar-refractivity contribution in [3.05, 3.63) is 80.6 Å². The zero-order valence-electron chi connectivity index (χ0n) is 22.4. The normalized spacial score (nSPS) is 20.4. The van der Waals surface area contributed by atoms with Gasteiger partial charge in [-0.05, 0) is 70.7 Å². The van der Waals surface area contributed by atoms with Crippen LogP contribution in [0.1, 0.15) is 57.2 Å². The number of hydrogen-bond acceptors (Lipinski definition) is 7. The number of benzene rings is 1. The lowest BCUT2D eigenvalue weighted by atomic mass is 9.79. The van der Waals surface area contributed by atoms with Gasteiger partial charge in [-0.25, -0.2) is 4.98 Å². The van der Waals surface area contributed by atoms with E-state index in [-0.39, 0.29) is 28.6 Å². The van der Waals surface area contributed by atoms with E-state index in [1.807, 2.05) is 49.4 Å². The monoisotopic (exact) mass is 547 g/mol. The predicted octanol–water partition coefficient (Wildman–Crippen LogP) is 5.13. The van der Waals surface area contributed by atoms with E-state index >= 15 is 0 Å². The van der Waals surface area contributed by atoms with Crippen LogP contribution in [0.5, 0.6) is 0 Å². The molecule has 38 heavy (non-hydrogen) atoms. The van der Waals surface area contributed by atoms with Gasteiger partial charge in [0.05, 0.1) is 17.0 Å². The van der Waals surface area contributed by atoms with Gasteiger partial charge in [0.15, 0.2) is 0 Å². The van der Waals surface area contributed by atoms with Crippen molar-refractivity contribution in [2.45, 2.75) is 71.1 Å². The van der Waals surface area contributed by atoms with Crippen LogP contribution in [0.15, 0.2) is 58.4 Å². The molecular weight excluding hydrogens is 514 g/mol. The molecular formula is C29H33N5O2S2. The number of piperidine rings is 1. The van der Waals surface area contributed by atoms with Crippen molar-refractivity contribution < 1.29 is 4.79 Å². The van der Waals surface area contributed by atoms with Gasteiger partial charge >= 0.3 is 0 Å². The van der Waals surface area contributed by atoms with Crippen LogP contribution in [0.4, 0.5) is 5.82 Å². The molecule has 2 aliphatic rings. The van der Waals surface area contributed by atoms with Crippen molar-refractivity contribution in [3.8, 4) is 0 Å². The van der Waals surface area contributed by atoms with Gasteiger partial charge in [0, 0.05) is 23.3 Å². The number of anilines is 1. The molecule has 2 N–H and O–H groups in total. The van der Waals surface area contributed by atoms with Crippen LogP contribution in [0, 0.1) is 6.92 Å². The lowest BCUT2D eigenvalue weighted by Crippen LogP contribution is -2.60. The molecule has 2 aromatic heterocycles. The van der Waals surface area contributed by atoms with Crippen molar-refractivity contribution in [2.24, 2.45) is 0 Å². The number of aromatic nitrogens is 2. The summed E-state index contributed by atoms with van der Waals surface area (Å²) in [5.41, 5.74) is 2.48. The molecule has 5 rings (SSSR count). The number of nitrogens with one attached hydrogen (secondary N) is 2. The number of aryl methyl sites for hydroxylation is 1. The molecule has 7 nitrogen and oxygen atoms in total. The zero-order chi connectivity index (χ0) is 27.2. The summed E-state index contributed by atoms with van der Waals surface area (Å²) < 4.78 is 2.03. The molecule has 4 heterocycles. The quantitative estimate of drug-likeness (QED) is 0.339. The average Bonchev–Trinajstić information content (AvgIpc) is 3.08. The number of carbonyl (C=O) groups excluding carboxylic acids is 1. The number of thioether (sulfide) groups is 1. The van der Waals surface area contributed by atoms with Crippen LogP contribution in [0.2, 0.25) is 0 Å². The van der Waals surface area contributed by atoms with Crippen molar-refractivity contribution in [1.29, 1.82) is 0 Å². The third-order valence-corrected chi connectivity index (χ3v) is 8.25. The topological polar surface area (TPSA) is 78.7 Å². The van der Waals surface area contributed by atoms with Gasteiger partial charge in [-0.3, -0.25) is 18.9 Å². The molecule has 2 aliphatic heterocycles. The fraction of sp³-hybridized carbons (Fsp3) is 0.379. The highest BCUT2D eigenvalue weighted by atomic mass is 32.2. The van der Waals surface area contributed by atoms with Crippen LogP contribution in [-0.4, -0.2) is 41.6 Å². The van der Waals surface area contributed by atoms with Crippen LogP contribution < -0.4 is 16.2 Å². The lowest BCUT2D eigenvalue weighted by Gasteiger charge is -2.46. The van der Waals surface area contributed by atoms with Crippen LogP contribution >= 0.6 is 24.0 Å². The fourth-order valence-corrected chi connectivity index (χ4v) is 6.89. The molecule has 0 aliphatic carbocycles. The highest BCUT2D eigenvalue weighted by molar-refractivity contribution is 8.26.